The minimum absolute atomic E-state index is 0.0158. The molecule has 0 amide bonds. The number of nitro groups is 1. The van der Waals surface area contributed by atoms with Crippen LogP contribution in [0.5, 0.6) is 5.75 Å². The molecule has 8 heteroatoms. The maximum Gasteiger partial charge on any atom is 0.269 e. The quantitative estimate of drug-likeness (QED) is 0.191. The highest BCUT2D eigenvalue weighted by Gasteiger charge is 2.14. The first-order valence-corrected chi connectivity index (χ1v) is 9.24. The zero-order valence-corrected chi connectivity index (χ0v) is 17.4. The Bertz CT molecular complexity index is 873. The summed E-state index contributed by atoms with van der Waals surface area (Å²) < 4.78 is 6.37. The van der Waals surface area contributed by atoms with Crippen LogP contribution in [0.3, 0.4) is 0 Å². The monoisotopic (exact) mass is 398 g/mol. The zero-order valence-electron chi connectivity index (χ0n) is 17.4. The molecular weight excluding hydrogens is 370 g/mol. The summed E-state index contributed by atoms with van der Waals surface area (Å²) in [5.41, 5.74) is 2.14. The van der Waals surface area contributed by atoms with Gasteiger partial charge in [-0.05, 0) is 24.3 Å². The lowest BCUT2D eigenvalue weighted by molar-refractivity contribution is -0.868. The molecule has 0 heterocycles. The molecule has 0 saturated carbocycles. The van der Waals surface area contributed by atoms with E-state index in [1.807, 2.05) is 24.3 Å². The standard InChI is InChI=1S/C21H28N5O3/c1-6-13-24(14-15-26(2,3)4)19-11-12-20(21(16-19)29-5)23-22-17-7-9-18(10-8-17)25(27)28/h6-12,16H,1,13-15H2,2-5H3/q+1. The van der Waals surface area contributed by atoms with E-state index in [1.54, 1.807) is 19.2 Å². The SMILES string of the molecule is C=CCN(CC[N+](C)(C)C)c1ccc(N=Nc2ccc([N+](=O)[O-])cc2)c(OC)c1. The molecule has 0 unspecified atom stereocenters. The van der Waals surface area contributed by atoms with E-state index in [4.69, 9.17) is 4.74 Å². The molecule has 0 atom stereocenters. The van der Waals surface area contributed by atoms with Crippen molar-refractivity contribution in [2.45, 2.75) is 0 Å². The van der Waals surface area contributed by atoms with Crippen molar-refractivity contribution in [2.75, 3.05) is 52.8 Å². The molecule has 154 valence electrons. The maximum atomic E-state index is 10.7. The van der Waals surface area contributed by atoms with Gasteiger partial charge in [0.15, 0.2) is 0 Å². The molecule has 0 aliphatic rings. The van der Waals surface area contributed by atoms with E-state index in [1.165, 1.54) is 12.1 Å². The number of benzene rings is 2. The van der Waals surface area contributed by atoms with E-state index in [9.17, 15) is 10.1 Å². The van der Waals surface area contributed by atoms with Gasteiger partial charge in [0.2, 0.25) is 0 Å². The average molecular weight is 398 g/mol. The first kappa shape index (κ1) is 22.0. The van der Waals surface area contributed by atoms with E-state index in [2.05, 4.69) is 42.9 Å². The highest BCUT2D eigenvalue weighted by atomic mass is 16.6. The number of quaternary nitrogens is 1. The Hall–Kier alpha value is -3.26. The summed E-state index contributed by atoms with van der Waals surface area (Å²) in [4.78, 5) is 12.5. The number of nitrogens with zero attached hydrogens (tertiary/aromatic N) is 5. The van der Waals surface area contributed by atoms with Crippen molar-refractivity contribution < 1.29 is 14.1 Å². The fraction of sp³-hybridized carbons (Fsp3) is 0.333. The minimum Gasteiger partial charge on any atom is -0.494 e. The van der Waals surface area contributed by atoms with E-state index in [-0.39, 0.29) is 5.69 Å². The molecule has 0 aliphatic carbocycles. The Labute approximate surface area is 171 Å². The number of methoxy groups -OCH3 is 1. The largest absolute Gasteiger partial charge is 0.494 e. The molecule has 2 aromatic rings. The summed E-state index contributed by atoms with van der Waals surface area (Å²) in [6, 6.07) is 11.7. The summed E-state index contributed by atoms with van der Waals surface area (Å²) >= 11 is 0. The Balaban J connectivity index is 2.21. The fourth-order valence-corrected chi connectivity index (χ4v) is 2.60. The number of nitro benzene ring substituents is 1. The zero-order chi connectivity index (χ0) is 21.4. The molecular formula is C21H28N5O3+. The van der Waals surface area contributed by atoms with Crippen molar-refractivity contribution in [1.82, 2.24) is 0 Å². The predicted octanol–water partition coefficient (Wildman–Crippen LogP) is 4.72. The lowest BCUT2D eigenvalue weighted by atomic mass is 10.2. The average Bonchev–Trinajstić information content (AvgIpc) is 2.69. The van der Waals surface area contributed by atoms with Crippen molar-refractivity contribution in [3.8, 4) is 5.75 Å². The van der Waals surface area contributed by atoms with Gasteiger partial charge in [0.25, 0.3) is 5.69 Å². The number of hydrogen-bond donors (Lipinski definition) is 0. The molecule has 2 aromatic carbocycles. The Kier molecular flexibility index (Phi) is 7.44. The van der Waals surface area contributed by atoms with Crippen LogP contribution in [0.4, 0.5) is 22.7 Å². The van der Waals surface area contributed by atoms with Crippen LogP contribution in [0, 0.1) is 10.1 Å². The van der Waals surface area contributed by atoms with E-state index in [0.717, 1.165) is 29.8 Å². The summed E-state index contributed by atoms with van der Waals surface area (Å²) in [5.74, 6) is 0.604. The third-order valence-electron chi connectivity index (χ3n) is 4.25. The minimum atomic E-state index is -0.448. The summed E-state index contributed by atoms with van der Waals surface area (Å²) in [6.07, 6.45) is 1.88. The van der Waals surface area contributed by atoms with Gasteiger partial charge < -0.3 is 14.1 Å². The van der Waals surface area contributed by atoms with Crippen molar-refractivity contribution in [3.05, 3.63) is 65.2 Å². The number of rotatable bonds is 10. The van der Waals surface area contributed by atoms with Crippen molar-refractivity contribution in [3.63, 3.8) is 0 Å². The number of ether oxygens (including phenoxy) is 1. The molecule has 0 radical (unpaired) electrons. The van der Waals surface area contributed by atoms with Gasteiger partial charge in [0.05, 0.1) is 52.0 Å². The first-order valence-electron chi connectivity index (χ1n) is 9.24. The summed E-state index contributed by atoms with van der Waals surface area (Å²) in [6.45, 7) is 6.45. The molecule has 2 rings (SSSR count). The predicted molar refractivity (Wildman–Crippen MR) is 116 cm³/mol. The van der Waals surface area contributed by atoms with E-state index >= 15 is 0 Å². The van der Waals surface area contributed by atoms with Crippen molar-refractivity contribution in [2.24, 2.45) is 10.2 Å². The summed E-state index contributed by atoms with van der Waals surface area (Å²) in [5, 5.41) is 19.1. The fourth-order valence-electron chi connectivity index (χ4n) is 2.60. The van der Waals surface area contributed by atoms with Crippen LogP contribution in [0.2, 0.25) is 0 Å². The van der Waals surface area contributed by atoms with Crippen molar-refractivity contribution >= 4 is 22.7 Å². The van der Waals surface area contributed by atoms with Crippen LogP contribution in [0.25, 0.3) is 0 Å². The van der Waals surface area contributed by atoms with Crippen LogP contribution < -0.4 is 9.64 Å². The smallest absolute Gasteiger partial charge is 0.269 e. The van der Waals surface area contributed by atoms with Crippen LogP contribution in [-0.4, -0.2) is 57.3 Å². The molecule has 0 N–H and O–H groups in total. The van der Waals surface area contributed by atoms with Gasteiger partial charge in [-0.3, -0.25) is 10.1 Å². The molecule has 0 saturated heterocycles. The first-order chi connectivity index (χ1) is 13.7. The molecule has 0 fully saturated rings. The second kappa shape index (κ2) is 9.79. The maximum absolute atomic E-state index is 10.7. The Morgan fingerprint density at radius 1 is 1.17 bits per heavy atom. The van der Waals surface area contributed by atoms with Crippen LogP contribution >= 0.6 is 0 Å². The molecule has 0 aromatic heterocycles. The molecule has 0 aliphatic heterocycles. The number of non-ortho nitro benzene ring substituents is 1. The lowest BCUT2D eigenvalue weighted by Crippen LogP contribution is -2.42. The molecule has 29 heavy (non-hydrogen) atoms. The van der Waals surface area contributed by atoms with Gasteiger partial charge in [-0.2, -0.15) is 5.11 Å². The third kappa shape index (κ3) is 6.69. The van der Waals surface area contributed by atoms with Gasteiger partial charge >= 0.3 is 0 Å². The number of anilines is 1. The van der Waals surface area contributed by atoms with Gasteiger partial charge in [0.1, 0.15) is 11.4 Å². The molecule has 0 spiro atoms. The highest BCUT2D eigenvalue weighted by molar-refractivity contribution is 5.62. The van der Waals surface area contributed by atoms with Crippen LogP contribution in [-0.2, 0) is 0 Å². The molecule has 8 nitrogen and oxygen atoms in total. The lowest BCUT2D eigenvalue weighted by Gasteiger charge is -2.30. The number of hydrogen-bond acceptors (Lipinski definition) is 6. The normalized spacial score (nSPS) is 11.4. The van der Waals surface area contributed by atoms with Crippen LogP contribution in [0.1, 0.15) is 0 Å². The Morgan fingerprint density at radius 3 is 2.41 bits per heavy atom. The molecule has 0 bridgehead atoms. The van der Waals surface area contributed by atoms with Gasteiger partial charge in [0, 0.05) is 30.4 Å². The Morgan fingerprint density at radius 2 is 1.86 bits per heavy atom. The topological polar surface area (TPSA) is 80.3 Å². The number of azo groups is 1. The summed E-state index contributed by atoms with van der Waals surface area (Å²) in [7, 11) is 8.07. The van der Waals surface area contributed by atoms with Gasteiger partial charge in [-0.15, -0.1) is 11.7 Å². The number of likely N-dealkylation sites (N-methyl/N-ethyl adjacent to an activating group) is 1. The van der Waals surface area contributed by atoms with Gasteiger partial charge in [-0.1, -0.05) is 6.08 Å². The second-order valence-electron chi connectivity index (χ2n) is 7.58. The van der Waals surface area contributed by atoms with Crippen molar-refractivity contribution in [1.29, 1.82) is 0 Å². The van der Waals surface area contributed by atoms with Crippen LogP contribution in [0.15, 0.2) is 65.3 Å². The second-order valence-corrected chi connectivity index (χ2v) is 7.58. The van der Waals surface area contributed by atoms with Gasteiger partial charge in [-0.25, -0.2) is 0 Å². The van der Waals surface area contributed by atoms with E-state index in [0.29, 0.717) is 17.1 Å². The van der Waals surface area contributed by atoms with E-state index < -0.39 is 4.92 Å². The third-order valence-corrected chi connectivity index (χ3v) is 4.25. The highest BCUT2D eigenvalue weighted by Crippen LogP contribution is 2.33.